The van der Waals surface area contributed by atoms with E-state index in [-0.39, 0.29) is 23.8 Å². The Bertz CT molecular complexity index is 1380. The molecule has 0 bridgehead atoms. The van der Waals surface area contributed by atoms with Crippen LogP contribution in [0.25, 0.3) is 0 Å². The standard InChI is InChI=1S/C26H24ClN3O5S/c1-18(31)28-21-9-13-23(14-10-21)36(34,35)29(16-15-19-5-3-2-4-6-19)24-17-25(32)30(26(24)33)22-11-7-20(27)8-12-22/h2-14,24H,15-17H2,1H3,(H,28,31). The first-order chi connectivity index (χ1) is 17.2. The van der Waals surface area contributed by atoms with Crippen LogP contribution in [0.2, 0.25) is 5.02 Å². The summed E-state index contributed by atoms with van der Waals surface area (Å²) in [5.41, 5.74) is 1.67. The minimum absolute atomic E-state index is 0.00205. The number of halogens is 1. The first-order valence-corrected chi connectivity index (χ1v) is 13.0. The smallest absolute Gasteiger partial charge is 0.252 e. The molecule has 1 atom stereocenters. The van der Waals surface area contributed by atoms with E-state index >= 15 is 0 Å². The summed E-state index contributed by atoms with van der Waals surface area (Å²) < 4.78 is 28.6. The number of anilines is 2. The third-order valence-corrected chi connectivity index (χ3v) is 7.97. The lowest BCUT2D eigenvalue weighted by Gasteiger charge is -2.27. The van der Waals surface area contributed by atoms with Crippen LogP contribution < -0.4 is 10.2 Å². The average molecular weight is 526 g/mol. The molecule has 1 aliphatic rings. The van der Waals surface area contributed by atoms with E-state index in [2.05, 4.69) is 5.32 Å². The number of hydrogen-bond acceptors (Lipinski definition) is 5. The SMILES string of the molecule is CC(=O)Nc1ccc(S(=O)(=O)N(CCc2ccccc2)C2CC(=O)N(c3ccc(Cl)cc3)C2=O)cc1. The Morgan fingerprint density at radius 3 is 2.25 bits per heavy atom. The van der Waals surface area contributed by atoms with E-state index < -0.39 is 27.9 Å². The molecular weight excluding hydrogens is 502 g/mol. The minimum atomic E-state index is -4.17. The summed E-state index contributed by atoms with van der Waals surface area (Å²) >= 11 is 5.94. The maximum absolute atomic E-state index is 13.8. The van der Waals surface area contributed by atoms with E-state index in [0.29, 0.717) is 22.8 Å². The summed E-state index contributed by atoms with van der Waals surface area (Å²) in [5.74, 6) is -1.39. The van der Waals surface area contributed by atoms with Gasteiger partial charge in [-0.3, -0.25) is 14.4 Å². The van der Waals surface area contributed by atoms with E-state index in [9.17, 15) is 22.8 Å². The van der Waals surface area contributed by atoms with Crippen LogP contribution in [0.3, 0.4) is 0 Å². The number of carbonyl (C=O) groups is 3. The van der Waals surface area contributed by atoms with Crippen molar-refractivity contribution in [1.82, 2.24) is 4.31 Å². The summed E-state index contributed by atoms with van der Waals surface area (Å²) in [5, 5.41) is 3.04. The van der Waals surface area contributed by atoms with Crippen molar-refractivity contribution in [3.05, 3.63) is 89.4 Å². The third kappa shape index (κ3) is 5.48. The van der Waals surface area contributed by atoms with E-state index in [1.54, 1.807) is 24.3 Å². The monoisotopic (exact) mass is 525 g/mol. The Morgan fingerprint density at radius 2 is 1.64 bits per heavy atom. The summed E-state index contributed by atoms with van der Waals surface area (Å²) in [4.78, 5) is 38.6. The molecule has 1 unspecified atom stereocenters. The Kier molecular flexibility index (Phi) is 7.53. The second-order valence-electron chi connectivity index (χ2n) is 8.32. The lowest BCUT2D eigenvalue weighted by molar-refractivity contribution is -0.122. The summed E-state index contributed by atoms with van der Waals surface area (Å²) in [6.07, 6.45) is 0.0718. The molecule has 1 fully saturated rings. The van der Waals surface area contributed by atoms with Crippen molar-refractivity contribution in [1.29, 1.82) is 0 Å². The Labute approximate surface area is 214 Å². The molecule has 0 aliphatic carbocycles. The number of rotatable bonds is 8. The van der Waals surface area contributed by atoms with E-state index in [4.69, 9.17) is 11.6 Å². The van der Waals surface area contributed by atoms with Gasteiger partial charge in [-0.05, 0) is 60.5 Å². The Morgan fingerprint density at radius 1 is 1.00 bits per heavy atom. The van der Waals surface area contributed by atoms with E-state index in [1.807, 2.05) is 30.3 Å². The zero-order valence-electron chi connectivity index (χ0n) is 19.4. The highest BCUT2D eigenvalue weighted by Gasteiger charge is 2.46. The number of nitrogens with one attached hydrogen (secondary N) is 1. The molecule has 10 heteroatoms. The molecule has 4 rings (SSSR count). The zero-order chi connectivity index (χ0) is 25.9. The van der Waals surface area contributed by atoms with Gasteiger partial charge in [-0.1, -0.05) is 41.9 Å². The third-order valence-electron chi connectivity index (χ3n) is 5.80. The van der Waals surface area contributed by atoms with Gasteiger partial charge in [0.15, 0.2) is 0 Å². The van der Waals surface area contributed by atoms with Crippen molar-refractivity contribution in [3.8, 4) is 0 Å². The van der Waals surface area contributed by atoms with Gasteiger partial charge in [0.2, 0.25) is 21.8 Å². The van der Waals surface area contributed by atoms with Crippen LogP contribution in [-0.4, -0.2) is 43.0 Å². The van der Waals surface area contributed by atoms with Gasteiger partial charge in [0.05, 0.1) is 17.0 Å². The number of carbonyl (C=O) groups excluding carboxylic acids is 3. The second kappa shape index (κ2) is 10.6. The highest BCUT2D eigenvalue weighted by Crippen LogP contribution is 2.30. The van der Waals surface area contributed by atoms with Crippen LogP contribution in [0.5, 0.6) is 0 Å². The van der Waals surface area contributed by atoms with Gasteiger partial charge < -0.3 is 5.32 Å². The molecule has 36 heavy (non-hydrogen) atoms. The molecule has 3 amide bonds. The molecule has 1 heterocycles. The highest BCUT2D eigenvalue weighted by atomic mass is 35.5. The predicted molar refractivity (Wildman–Crippen MR) is 137 cm³/mol. The van der Waals surface area contributed by atoms with Crippen LogP contribution in [0.1, 0.15) is 18.9 Å². The van der Waals surface area contributed by atoms with Crippen molar-refractivity contribution < 1.29 is 22.8 Å². The molecule has 1 aliphatic heterocycles. The first kappa shape index (κ1) is 25.6. The number of hydrogen-bond donors (Lipinski definition) is 1. The number of sulfonamides is 1. The van der Waals surface area contributed by atoms with E-state index in [1.165, 1.54) is 31.2 Å². The lowest BCUT2D eigenvalue weighted by atomic mass is 10.1. The molecule has 1 saturated heterocycles. The first-order valence-electron chi connectivity index (χ1n) is 11.2. The van der Waals surface area contributed by atoms with Gasteiger partial charge in [0.25, 0.3) is 5.91 Å². The molecule has 0 aromatic heterocycles. The molecule has 3 aromatic carbocycles. The van der Waals surface area contributed by atoms with Gasteiger partial charge in [0, 0.05) is 24.2 Å². The van der Waals surface area contributed by atoms with Crippen LogP contribution in [0.15, 0.2) is 83.8 Å². The van der Waals surface area contributed by atoms with Crippen LogP contribution in [0, 0.1) is 0 Å². The fourth-order valence-corrected chi connectivity index (χ4v) is 5.79. The van der Waals surface area contributed by atoms with Crippen LogP contribution >= 0.6 is 11.6 Å². The molecule has 186 valence electrons. The van der Waals surface area contributed by atoms with Crippen molar-refractivity contribution in [2.75, 3.05) is 16.8 Å². The van der Waals surface area contributed by atoms with Crippen LogP contribution in [0.4, 0.5) is 11.4 Å². The van der Waals surface area contributed by atoms with Gasteiger partial charge in [0.1, 0.15) is 6.04 Å². The number of amides is 3. The molecule has 1 N–H and O–H groups in total. The second-order valence-corrected chi connectivity index (χ2v) is 10.6. The maximum atomic E-state index is 13.8. The normalized spacial score (nSPS) is 16.0. The summed E-state index contributed by atoms with van der Waals surface area (Å²) in [7, 11) is -4.17. The van der Waals surface area contributed by atoms with Gasteiger partial charge >= 0.3 is 0 Å². The van der Waals surface area contributed by atoms with Crippen molar-refractivity contribution in [2.24, 2.45) is 0 Å². The number of benzene rings is 3. The van der Waals surface area contributed by atoms with Gasteiger partial charge in [-0.15, -0.1) is 0 Å². The molecule has 0 radical (unpaired) electrons. The van der Waals surface area contributed by atoms with Crippen LogP contribution in [-0.2, 0) is 30.8 Å². The summed E-state index contributed by atoms with van der Waals surface area (Å²) in [6, 6.07) is 20.0. The van der Waals surface area contributed by atoms with Crippen molar-refractivity contribution >= 4 is 50.7 Å². The van der Waals surface area contributed by atoms with Gasteiger partial charge in [-0.25, -0.2) is 13.3 Å². The average Bonchev–Trinajstić information content (AvgIpc) is 3.14. The molecule has 3 aromatic rings. The molecular formula is C26H24ClN3O5S. The molecule has 8 nitrogen and oxygen atoms in total. The Hall–Kier alpha value is -3.53. The minimum Gasteiger partial charge on any atom is -0.326 e. The lowest BCUT2D eigenvalue weighted by Crippen LogP contribution is -2.46. The largest absolute Gasteiger partial charge is 0.326 e. The highest BCUT2D eigenvalue weighted by molar-refractivity contribution is 7.89. The fraction of sp³-hybridized carbons (Fsp3) is 0.192. The maximum Gasteiger partial charge on any atom is 0.252 e. The van der Waals surface area contributed by atoms with Crippen molar-refractivity contribution in [3.63, 3.8) is 0 Å². The summed E-state index contributed by atoms with van der Waals surface area (Å²) in [6.45, 7) is 1.35. The van der Waals surface area contributed by atoms with Gasteiger partial charge in [-0.2, -0.15) is 4.31 Å². The zero-order valence-corrected chi connectivity index (χ0v) is 21.0. The molecule has 0 saturated carbocycles. The topological polar surface area (TPSA) is 104 Å². The van der Waals surface area contributed by atoms with E-state index in [0.717, 1.165) is 14.8 Å². The quantitative estimate of drug-likeness (QED) is 0.450. The molecule has 0 spiro atoms. The predicted octanol–water partition coefficient (Wildman–Crippen LogP) is 3.86. The fourth-order valence-electron chi connectivity index (χ4n) is 4.08. The number of imide groups is 1. The van der Waals surface area contributed by atoms with Crippen molar-refractivity contribution in [2.45, 2.75) is 30.7 Å². The Balaban J connectivity index is 1.67. The number of nitrogens with zero attached hydrogens (tertiary/aromatic N) is 2.